The van der Waals surface area contributed by atoms with Crippen molar-refractivity contribution in [3.8, 4) is 11.5 Å². The van der Waals surface area contributed by atoms with Gasteiger partial charge in [-0.25, -0.2) is 0 Å². The zero-order chi connectivity index (χ0) is 20.0. The molecular weight excluding hydrogens is 397 g/mol. The molecule has 2 aromatic rings. The van der Waals surface area contributed by atoms with Gasteiger partial charge in [-0.15, -0.1) is 0 Å². The topological polar surface area (TPSA) is 38.8 Å². The Labute approximate surface area is 174 Å². The number of rotatable bonds is 3. The molecule has 0 bridgehead atoms. The largest absolute Gasteiger partial charge is 0.478 e. The van der Waals surface area contributed by atoms with Crippen LogP contribution in [0.1, 0.15) is 40.9 Å². The van der Waals surface area contributed by atoms with Crippen LogP contribution < -0.4 is 9.47 Å². The second-order valence-corrected chi connectivity index (χ2v) is 8.29. The fourth-order valence-electron chi connectivity index (χ4n) is 3.64. The number of ether oxygens (including phenoxy) is 2. The van der Waals surface area contributed by atoms with E-state index in [1.807, 2.05) is 39.0 Å². The molecule has 0 fully saturated rings. The van der Waals surface area contributed by atoms with Crippen molar-refractivity contribution >= 4 is 29.0 Å². The number of hydrogen-bond acceptors (Lipinski definition) is 4. The SMILES string of the molecule is CC(C)=C1Oc2c3c(cc(C)c2C1=O)OCN(CCc1ccc(Cl)cc1Cl)C3. The lowest BCUT2D eigenvalue weighted by Gasteiger charge is -2.30. The molecule has 2 aromatic carbocycles. The number of fused-ring (bicyclic) bond motifs is 3. The lowest BCUT2D eigenvalue weighted by atomic mass is 9.98. The molecule has 2 aliphatic rings. The summed E-state index contributed by atoms with van der Waals surface area (Å²) >= 11 is 12.3. The molecule has 0 saturated heterocycles. The zero-order valence-electron chi connectivity index (χ0n) is 16.1. The minimum Gasteiger partial charge on any atom is -0.478 e. The van der Waals surface area contributed by atoms with Gasteiger partial charge in [-0.3, -0.25) is 9.69 Å². The van der Waals surface area contributed by atoms with E-state index in [0.717, 1.165) is 41.0 Å². The van der Waals surface area contributed by atoms with E-state index in [0.29, 0.717) is 40.4 Å². The molecule has 2 heterocycles. The van der Waals surface area contributed by atoms with Crippen LogP contribution in [0.4, 0.5) is 0 Å². The monoisotopic (exact) mass is 417 g/mol. The molecular formula is C22H21Cl2NO3. The molecule has 0 unspecified atom stereocenters. The van der Waals surface area contributed by atoms with Gasteiger partial charge in [0.2, 0.25) is 5.78 Å². The van der Waals surface area contributed by atoms with E-state index in [1.54, 1.807) is 6.07 Å². The summed E-state index contributed by atoms with van der Waals surface area (Å²) in [6.07, 6.45) is 0.780. The summed E-state index contributed by atoms with van der Waals surface area (Å²) in [5.41, 5.74) is 4.39. The first-order valence-electron chi connectivity index (χ1n) is 9.20. The molecule has 4 nitrogen and oxygen atoms in total. The van der Waals surface area contributed by atoms with Crippen LogP contribution in [-0.2, 0) is 13.0 Å². The first kappa shape index (κ1) is 19.3. The number of ketones is 1. The third kappa shape index (κ3) is 3.41. The van der Waals surface area contributed by atoms with Crippen LogP contribution in [0.5, 0.6) is 11.5 Å². The number of aryl methyl sites for hydroxylation is 1. The molecule has 2 aliphatic heterocycles. The van der Waals surface area contributed by atoms with Crippen molar-refractivity contribution in [2.24, 2.45) is 0 Å². The van der Waals surface area contributed by atoms with Gasteiger partial charge in [0.25, 0.3) is 0 Å². The van der Waals surface area contributed by atoms with Gasteiger partial charge in [-0.1, -0.05) is 29.3 Å². The van der Waals surface area contributed by atoms with Crippen molar-refractivity contribution in [1.29, 1.82) is 0 Å². The number of allylic oxidation sites excluding steroid dienone is 2. The molecule has 0 radical (unpaired) electrons. The highest BCUT2D eigenvalue weighted by Crippen LogP contribution is 2.44. The minimum absolute atomic E-state index is 0.0413. The van der Waals surface area contributed by atoms with Gasteiger partial charge in [-0.2, -0.15) is 0 Å². The highest BCUT2D eigenvalue weighted by atomic mass is 35.5. The normalized spacial score (nSPS) is 15.8. The van der Waals surface area contributed by atoms with Crippen LogP contribution in [0.15, 0.2) is 35.6 Å². The molecule has 0 N–H and O–H groups in total. The number of benzene rings is 2. The number of carbonyl (C=O) groups is 1. The predicted molar refractivity (Wildman–Crippen MR) is 111 cm³/mol. The van der Waals surface area contributed by atoms with Gasteiger partial charge in [-0.05, 0) is 62.1 Å². The Balaban J connectivity index is 1.58. The molecule has 4 rings (SSSR count). The lowest BCUT2D eigenvalue weighted by molar-refractivity contribution is 0.0948. The van der Waals surface area contributed by atoms with Crippen LogP contribution in [0.2, 0.25) is 10.0 Å². The van der Waals surface area contributed by atoms with Crippen LogP contribution in [0.25, 0.3) is 0 Å². The van der Waals surface area contributed by atoms with Gasteiger partial charge in [0.1, 0.15) is 18.2 Å². The van der Waals surface area contributed by atoms with E-state index < -0.39 is 0 Å². The molecule has 0 aromatic heterocycles. The highest BCUT2D eigenvalue weighted by molar-refractivity contribution is 6.35. The van der Waals surface area contributed by atoms with E-state index in [-0.39, 0.29) is 5.78 Å². The molecule has 0 atom stereocenters. The van der Waals surface area contributed by atoms with E-state index in [9.17, 15) is 4.79 Å². The van der Waals surface area contributed by atoms with Gasteiger partial charge in [0.15, 0.2) is 5.76 Å². The molecule has 28 heavy (non-hydrogen) atoms. The van der Waals surface area contributed by atoms with Crippen molar-refractivity contribution < 1.29 is 14.3 Å². The van der Waals surface area contributed by atoms with Crippen molar-refractivity contribution in [2.45, 2.75) is 33.7 Å². The second kappa shape index (κ2) is 7.43. The van der Waals surface area contributed by atoms with E-state index in [4.69, 9.17) is 32.7 Å². The quantitative estimate of drug-likeness (QED) is 0.612. The van der Waals surface area contributed by atoms with Crippen LogP contribution in [0, 0.1) is 6.92 Å². The molecule has 146 valence electrons. The second-order valence-electron chi connectivity index (χ2n) is 7.45. The van der Waals surface area contributed by atoms with Gasteiger partial charge in [0.05, 0.1) is 11.1 Å². The molecule has 0 spiro atoms. The molecule has 6 heteroatoms. The van der Waals surface area contributed by atoms with Crippen LogP contribution in [0.3, 0.4) is 0 Å². The molecule has 0 aliphatic carbocycles. The summed E-state index contributed by atoms with van der Waals surface area (Å²) in [4.78, 5) is 14.9. The Morgan fingerprint density at radius 2 is 2.00 bits per heavy atom. The number of hydrogen-bond donors (Lipinski definition) is 0. The number of nitrogens with zero attached hydrogens (tertiary/aromatic N) is 1. The summed E-state index contributed by atoms with van der Waals surface area (Å²) < 4.78 is 12.0. The Bertz CT molecular complexity index is 1010. The number of halogens is 2. The van der Waals surface area contributed by atoms with Gasteiger partial charge < -0.3 is 9.47 Å². The standard InChI is InChI=1S/C22H21Cl2NO3/c1-12(2)21-20(26)19-13(3)8-18-16(22(19)28-21)10-25(11-27-18)7-6-14-4-5-15(23)9-17(14)24/h4-5,8-9H,6-7,10-11H2,1-3H3. The summed E-state index contributed by atoms with van der Waals surface area (Å²) in [6, 6.07) is 7.50. The van der Waals surface area contributed by atoms with E-state index >= 15 is 0 Å². The van der Waals surface area contributed by atoms with Crippen molar-refractivity contribution in [3.63, 3.8) is 0 Å². The average molecular weight is 418 g/mol. The number of carbonyl (C=O) groups excluding carboxylic acids is 1. The van der Waals surface area contributed by atoms with Crippen molar-refractivity contribution in [2.75, 3.05) is 13.3 Å². The fraction of sp³-hybridized carbons (Fsp3) is 0.318. The third-order valence-corrected chi connectivity index (χ3v) is 5.72. The van der Waals surface area contributed by atoms with E-state index in [1.165, 1.54) is 0 Å². The summed E-state index contributed by atoms with van der Waals surface area (Å²) in [6.45, 7) is 7.62. The fourth-order valence-corrected chi connectivity index (χ4v) is 4.14. The maximum Gasteiger partial charge on any atom is 0.232 e. The minimum atomic E-state index is -0.0413. The summed E-state index contributed by atoms with van der Waals surface area (Å²) in [7, 11) is 0. The smallest absolute Gasteiger partial charge is 0.232 e. The Hall–Kier alpha value is -2.01. The van der Waals surface area contributed by atoms with Crippen molar-refractivity contribution in [1.82, 2.24) is 4.90 Å². The Morgan fingerprint density at radius 1 is 1.21 bits per heavy atom. The Kier molecular flexibility index (Phi) is 5.13. The van der Waals surface area contributed by atoms with Crippen molar-refractivity contribution in [3.05, 3.63) is 67.9 Å². The Morgan fingerprint density at radius 3 is 2.71 bits per heavy atom. The number of Topliss-reactive ketones (excluding diaryl/α,β-unsaturated/α-hetero) is 1. The zero-order valence-corrected chi connectivity index (χ0v) is 17.6. The van der Waals surface area contributed by atoms with E-state index in [2.05, 4.69) is 4.90 Å². The summed E-state index contributed by atoms with van der Waals surface area (Å²) in [5, 5.41) is 1.30. The first-order valence-corrected chi connectivity index (χ1v) is 9.96. The van der Waals surface area contributed by atoms with Crippen LogP contribution in [-0.4, -0.2) is 24.0 Å². The maximum absolute atomic E-state index is 12.7. The highest BCUT2D eigenvalue weighted by Gasteiger charge is 2.35. The van der Waals surface area contributed by atoms with Crippen LogP contribution >= 0.6 is 23.2 Å². The predicted octanol–water partition coefficient (Wildman–Crippen LogP) is 5.57. The maximum atomic E-state index is 12.7. The average Bonchev–Trinajstić information content (AvgIpc) is 3.00. The third-order valence-electron chi connectivity index (χ3n) is 5.13. The molecule has 0 saturated carbocycles. The lowest BCUT2D eigenvalue weighted by Crippen LogP contribution is -2.34. The van der Waals surface area contributed by atoms with Gasteiger partial charge in [0, 0.05) is 23.1 Å². The summed E-state index contributed by atoms with van der Waals surface area (Å²) in [5.74, 6) is 1.82. The molecule has 0 amide bonds. The first-order chi connectivity index (χ1) is 13.3. The van der Waals surface area contributed by atoms with Gasteiger partial charge >= 0.3 is 0 Å².